The molecule has 0 rings (SSSR count). The van der Waals surface area contributed by atoms with Gasteiger partial charge in [-0.25, -0.2) is 0 Å². The van der Waals surface area contributed by atoms with Crippen LogP contribution in [0.4, 0.5) is 0 Å². The second-order valence-electron chi connectivity index (χ2n) is 2.34. The lowest BCUT2D eigenvalue weighted by atomic mass is 10.2. The molecule has 58 valence electrons. The quantitative estimate of drug-likeness (QED) is 0.208. The molecule has 0 aliphatic rings. The van der Waals surface area contributed by atoms with Crippen molar-refractivity contribution in [2.45, 2.75) is 20.8 Å². The van der Waals surface area contributed by atoms with Crippen molar-refractivity contribution in [2.24, 2.45) is 16.9 Å². The molecule has 0 aromatic rings. The molecule has 0 atom stereocenters. The highest BCUT2D eigenvalue weighted by molar-refractivity contribution is 5.73. The highest BCUT2D eigenvalue weighted by atomic mass is 16.5. The zero-order chi connectivity index (χ0) is 7.98. The fraction of sp³-hybridized carbons (Fsp3) is 0.571. The summed E-state index contributed by atoms with van der Waals surface area (Å²) in [4.78, 5) is 0. The van der Waals surface area contributed by atoms with Crippen molar-refractivity contribution >= 4 is 5.90 Å². The van der Waals surface area contributed by atoms with E-state index < -0.39 is 0 Å². The van der Waals surface area contributed by atoms with Crippen molar-refractivity contribution in [3.63, 3.8) is 0 Å². The average Bonchev–Trinajstić information content (AvgIpc) is 1.87. The number of hydrogen-bond acceptors (Lipinski definition) is 3. The summed E-state index contributed by atoms with van der Waals surface area (Å²) in [5.74, 6) is 5.88. The minimum atomic E-state index is 0.469. The molecule has 0 aliphatic carbocycles. The predicted octanol–water partition coefficient (Wildman–Crippen LogP) is 1.46. The van der Waals surface area contributed by atoms with Crippen LogP contribution in [-0.2, 0) is 4.74 Å². The van der Waals surface area contributed by atoms with Gasteiger partial charge in [-0.05, 0) is 12.0 Å². The molecular weight excluding hydrogens is 128 g/mol. The lowest BCUT2D eigenvalue weighted by molar-refractivity contribution is 0.460. The van der Waals surface area contributed by atoms with E-state index in [-0.39, 0.29) is 0 Å². The molecule has 10 heavy (non-hydrogen) atoms. The van der Waals surface area contributed by atoms with E-state index in [1.807, 2.05) is 6.08 Å². The molecule has 0 aliphatic heterocycles. The van der Waals surface area contributed by atoms with E-state index in [0.29, 0.717) is 11.8 Å². The third-order valence-electron chi connectivity index (χ3n) is 0.884. The second-order valence-corrected chi connectivity index (χ2v) is 2.34. The zero-order valence-electron chi connectivity index (χ0n) is 6.66. The van der Waals surface area contributed by atoms with Gasteiger partial charge in [0.25, 0.3) is 0 Å². The second kappa shape index (κ2) is 4.85. The van der Waals surface area contributed by atoms with Crippen LogP contribution in [0.3, 0.4) is 0 Å². The van der Waals surface area contributed by atoms with Crippen LogP contribution in [0.2, 0.25) is 0 Å². The smallest absolute Gasteiger partial charge is 0.207 e. The van der Waals surface area contributed by atoms with Gasteiger partial charge in [-0.2, -0.15) is 0 Å². The first-order valence-electron chi connectivity index (χ1n) is 3.24. The highest BCUT2D eigenvalue weighted by Gasteiger charge is 1.85. The van der Waals surface area contributed by atoms with Crippen LogP contribution in [0.1, 0.15) is 20.8 Å². The third-order valence-corrected chi connectivity index (χ3v) is 0.884. The Morgan fingerprint density at radius 2 is 2.20 bits per heavy atom. The Labute approximate surface area is 61.6 Å². The monoisotopic (exact) mass is 142 g/mol. The van der Waals surface area contributed by atoms with Crippen LogP contribution in [0.25, 0.3) is 0 Å². The Hall–Kier alpha value is -0.990. The van der Waals surface area contributed by atoms with E-state index in [2.05, 4.69) is 18.9 Å². The summed E-state index contributed by atoms with van der Waals surface area (Å²) >= 11 is 0. The average molecular weight is 142 g/mol. The van der Waals surface area contributed by atoms with E-state index >= 15 is 0 Å². The first-order chi connectivity index (χ1) is 4.66. The number of rotatable bonds is 2. The largest absolute Gasteiger partial charge is 0.450 e. The van der Waals surface area contributed by atoms with Gasteiger partial charge < -0.3 is 10.6 Å². The topological polar surface area (TPSA) is 47.6 Å². The molecule has 0 unspecified atom stereocenters. The van der Waals surface area contributed by atoms with E-state index in [9.17, 15) is 0 Å². The van der Waals surface area contributed by atoms with E-state index in [1.54, 1.807) is 13.2 Å². The third kappa shape index (κ3) is 5.15. The molecule has 3 nitrogen and oxygen atoms in total. The molecule has 3 heteroatoms. The lowest BCUT2D eigenvalue weighted by Crippen LogP contribution is -1.97. The van der Waals surface area contributed by atoms with Gasteiger partial charge in [0.15, 0.2) is 0 Å². The van der Waals surface area contributed by atoms with Crippen molar-refractivity contribution in [1.29, 1.82) is 0 Å². The Kier molecular flexibility index (Phi) is 4.37. The number of allylic oxidation sites excluding steroid dienone is 1. The van der Waals surface area contributed by atoms with Gasteiger partial charge in [0.1, 0.15) is 0 Å². The van der Waals surface area contributed by atoms with Crippen LogP contribution in [0.15, 0.2) is 17.4 Å². The number of nitrogens with zero attached hydrogens (tertiary/aromatic N) is 1. The zero-order valence-corrected chi connectivity index (χ0v) is 6.66. The molecule has 2 N–H and O–H groups in total. The van der Waals surface area contributed by atoms with Gasteiger partial charge >= 0.3 is 0 Å². The molecule has 0 heterocycles. The van der Waals surface area contributed by atoms with Gasteiger partial charge in [-0.15, -0.1) is 5.10 Å². The molecule has 0 saturated heterocycles. The van der Waals surface area contributed by atoms with Crippen LogP contribution >= 0.6 is 0 Å². The fourth-order valence-corrected chi connectivity index (χ4v) is 0.325. The van der Waals surface area contributed by atoms with Gasteiger partial charge in [0.05, 0.1) is 6.26 Å². The number of hydrazone groups is 1. The van der Waals surface area contributed by atoms with Gasteiger partial charge in [-0.1, -0.05) is 13.8 Å². The maximum absolute atomic E-state index is 4.95. The van der Waals surface area contributed by atoms with Crippen molar-refractivity contribution in [2.75, 3.05) is 0 Å². The van der Waals surface area contributed by atoms with Crippen LogP contribution in [0, 0.1) is 5.92 Å². The molecule has 0 amide bonds. The molecule has 0 bridgehead atoms. The summed E-state index contributed by atoms with van der Waals surface area (Å²) in [6.07, 6.45) is 3.52. The number of nitrogens with two attached hydrogens (primary N) is 1. The first kappa shape index (κ1) is 9.01. The maximum atomic E-state index is 4.95. The molecule has 0 saturated carbocycles. The van der Waals surface area contributed by atoms with E-state index in [0.717, 1.165) is 0 Å². The van der Waals surface area contributed by atoms with Crippen LogP contribution < -0.4 is 5.84 Å². The maximum Gasteiger partial charge on any atom is 0.207 e. The summed E-state index contributed by atoms with van der Waals surface area (Å²) in [5.41, 5.74) is 0. The van der Waals surface area contributed by atoms with Crippen molar-refractivity contribution in [3.05, 3.63) is 12.3 Å². The molecule has 0 spiro atoms. The molecule has 0 aromatic heterocycles. The summed E-state index contributed by atoms with van der Waals surface area (Å²) in [7, 11) is 0. The normalized spacial score (nSPS) is 13.0. The first-order valence-corrected chi connectivity index (χ1v) is 3.24. The SMILES string of the molecule is C/C(=N/N)O/C=C/C(C)C. The predicted molar refractivity (Wildman–Crippen MR) is 42.4 cm³/mol. The standard InChI is InChI=1S/C7H14N2O/c1-6(2)4-5-10-7(3)9-8/h4-6H,8H2,1-3H3/b5-4+,9-7-. The molecule has 0 aromatic carbocycles. The molecule has 0 fully saturated rings. The fourth-order valence-electron chi connectivity index (χ4n) is 0.325. The minimum Gasteiger partial charge on any atom is -0.450 e. The van der Waals surface area contributed by atoms with E-state index in [1.165, 1.54) is 0 Å². The summed E-state index contributed by atoms with van der Waals surface area (Å²) in [5, 5.41) is 3.33. The van der Waals surface area contributed by atoms with E-state index in [4.69, 9.17) is 10.6 Å². The summed E-state index contributed by atoms with van der Waals surface area (Å²) in [6, 6.07) is 0. The lowest BCUT2D eigenvalue weighted by Gasteiger charge is -1.96. The number of hydrogen-bond donors (Lipinski definition) is 1. The van der Waals surface area contributed by atoms with Gasteiger partial charge in [0, 0.05) is 6.92 Å². The Morgan fingerprint density at radius 1 is 1.60 bits per heavy atom. The van der Waals surface area contributed by atoms with Crippen molar-refractivity contribution in [1.82, 2.24) is 0 Å². The van der Waals surface area contributed by atoms with Crippen molar-refractivity contribution in [3.8, 4) is 0 Å². The van der Waals surface area contributed by atoms with Gasteiger partial charge in [-0.3, -0.25) is 0 Å². The Bertz CT molecular complexity index is 139. The van der Waals surface area contributed by atoms with Gasteiger partial charge in [0.2, 0.25) is 5.90 Å². The summed E-state index contributed by atoms with van der Waals surface area (Å²) in [6.45, 7) is 5.83. The number of ether oxygens (including phenoxy) is 1. The van der Waals surface area contributed by atoms with Crippen molar-refractivity contribution < 1.29 is 4.74 Å². The molecule has 0 radical (unpaired) electrons. The minimum absolute atomic E-state index is 0.469. The van der Waals surface area contributed by atoms with Crippen LogP contribution in [-0.4, -0.2) is 5.90 Å². The highest BCUT2D eigenvalue weighted by Crippen LogP contribution is 1.93. The summed E-state index contributed by atoms with van der Waals surface area (Å²) < 4.78 is 4.95. The van der Waals surface area contributed by atoms with Crippen LogP contribution in [0.5, 0.6) is 0 Å². The molecular formula is C7H14N2O. The Balaban J connectivity index is 3.54. The Morgan fingerprint density at radius 3 is 2.60 bits per heavy atom.